The molecule has 2 aromatic carbocycles. The Bertz CT molecular complexity index is 910. The van der Waals surface area contributed by atoms with Gasteiger partial charge in [0, 0.05) is 11.4 Å². The number of nitrogens with zero attached hydrogens (tertiary/aromatic N) is 1. The van der Waals surface area contributed by atoms with Crippen LogP contribution in [0, 0.1) is 19.7 Å². The lowest BCUT2D eigenvalue weighted by Gasteiger charge is -2.17. The predicted molar refractivity (Wildman–Crippen MR) is 96.6 cm³/mol. The number of carbonyl (C=O) groups is 1. The van der Waals surface area contributed by atoms with Gasteiger partial charge in [-0.1, -0.05) is 12.1 Å². The minimum atomic E-state index is -0.822. The highest BCUT2D eigenvalue weighted by molar-refractivity contribution is 5.68. The highest BCUT2D eigenvalue weighted by Gasteiger charge is 2.15. The molecule has 25 heavy (non-hydrogen) atoms. The van der Waals surface area contributed by atoms with Crippen LogP contribution in [-0.4, -0.2) is 15.6 Å². The Kier molecular flexibility index (Phi) is 4.70. The zero-order valence-corrected chi connectivity index (χ0v) is 14.3. The number of hydrogen-bond acceptors (Lipinski definition) is 1. The van der Waals surface area contributed by atoms with Crippen LogP contribution in [-0.2, 0) is 11.2 Å². The molecule has 0 saturated carbocycles. The highest BCUT2D eigenvalue weighted by atomic mass is 19.1. The average molecular weight is 337 g/mol. The van der Waals surface area contributed by atoms with E-state index < -0.39 is 5.97 Å². The molecule has 0 unspecified atom stereocenters. The summed E-state index contributed by atoms with van der Waals surface area (Å²) in [6.45, 7) is 4.06. The van der Waals surface area contributed by atoms with Gasteiger partial charge < -0.3 is 9.67 Å². The Morgan fingerprint density at radius 3 is 2.44 bits per heavy atom. The van der Waals surface area contributed by atoms with Gasteiger partial charge in [-0.05, 0) is 79.4 Å². The molecular weight excluding hydrogens is 317 g/mol. The topological polar surface area (TPSA) is 42.2 Å². The Morgan fingerprint density at radius 2 is 1.76 bits per heavy atom. The number of halogens is 1. The van der Waals surface area contributed by atoms with Crippen molar-refractivity contribution in [1.82, 2.24) is 4.57 Å². The number of carboxylic acid groups (broad SMARTS) is 1. The maximum absolute atomic E-state index is 13.3. The molecule has 0 amide bonds. The fraction of sp³-hybridized carbons (Fsp3) is 0.190. The number of aromatic nitrogens is 1. The first-order valence-electron chi connectivity index (χ1n) is 8.21. The first kappa shape index (κ1) is 17.0. The summed E-state index contributed by atoms with van der Waals surface area (Å²) in [5, 5.41) is 9.04. The normalized spacial score (nSPS) is 10.8. The molecule has 3 rings (SSSR count). The Labute approximate surface area is 146 Å². The summed E-state index contributed by atoms with van der Waals surface area (Å²) in [6, 6.07) is 16.5. The van der Waals surface area contributed by atoms with Crippen LogP contribution in [0.1, 0.15) is 23.2 Å². The molecule has 0 aliphatic heterocycles. The molecular formula is C21H20FNO2. The SMILES string of the molecule is Cc1ccc(C)c(-n2c(CCC(=O)O)ccc2-c2ccc(F)cc2)c1. The molecule has 0 spiro atoms. The lowest BCUT2D eigenvalue weighted by molar-refractivity contribution is -0.136. The van der Waals surface area contributed by atoms with Crippen LogP contribution < -0.4 is 0 Å². The van der Waals surface area contributed by atoms with E-state index in [4.69, 9.17) is 5.11 Å². The fourth-order valence-corrected chi connectivity index (χ4v) is 3.00. The second-order valence-corrected chi connectivity index (χ2v) is 6.24. The van der Waals surface area contributed by atoms with Gasteiger partial charge >= 0.3 is 5.97 Å². The molecule has 0 fully saturated rings. The van der Waals surface area contributed by atoms with E-state index in [9.17, 15) is 9.18 Å². The van der Waals surface area contributed by atoms with E-state index in [-0.39, 0.29) is 12.2 Å². The summed E-state index contributed by atoms with van der Waals surface area (Å²) < 4.78 is 15.4. The van der Waals surface area contributed by atoms with Gasteiger partial charge in [-0.15, -0.1) is 0 Å². The predicted octanol–water partition coefficient (Wildman–Crippen LogP) is 4.92. The van der Waals surface area contributed by atoms with Crippen LogP contribution in [0.4, 0.5) is 4.39 Å². The quantitative estimate of drug-likeness (QED) is 0.718. The minimum Gasteiger partial charge on any atom is -0.481 e. The van der Waals surface area contributed by atoms with Gasteiger partial charge in [-0.2, -0.15) is 0 Å². The molecule has 0 aliphatic rings. The van der Waals surface area contributed by atoms with E-state index in [0.29, 0.717) is 6.42 Å². The maximum atomic E-state index is 13.3. The van der Waals surface area contributed by atoms with Gasteiger partial charge in [0.05, 0.1) is 12.1 Å². The standard InChI is InChI=1S/C21H20FNO2/c1-14-3-4-15(2)20(13-14)23-18(10-12-21(24)25)9-11-19(23)16-5-7-17(22)8-6-16/h3-9,11,13H,10,12H2,1-2H3,(H,24,25). The number of rotatable bonds is 5. The zero-order chi connectivity index (χ0) is 18.0. The third-order valence-electron chi connectivity index (χ3n) is 4.30. The van der Waals surface area contributed by atoms with Gasteiger partial charge in [-0.3, -0.25) is 4.79 Å². The lowest BCUT2D eigenvalue weighted by Crippen LogP contribution is -2.07. The van der Waals surface area contributed by atoms with Crippen LogP contribution in [0.25, 0.3) is 16.9 Å². The molecule has 0 atom stereocenters. The molecule has 0 saturated heterocycles. The molecule has 1 N–H and O–H groups in total. The molecule has 1 heterocycles. The average Bonchev–Trinajstić information content (AvgIpc) is 2.99. The fourth-order valence-electron chi connectivity index (χ4n) is 3.00. The monoisotopic (exact) mass is 337 g/mol. The largest absolute Gasteiger partial charge is 0.481 e. The van der Waals surface area contributed by atoms with E-state index in [0.717, 1.165) is 33.8 Å². The van der Waals surface area contributed by atoms with E-state index in [1.807, 2.05) is 26.0 Å². The smallest absolute Gasteiger partial charge is 0.303 e. The van der Waals surface area contributed by atoms with Crippen molar-refractivity contribution in [3.63, 3.8) is 0 Å². The van der Waals surface area contributed by atoms with E-state index in [2.05, 4.69) is 22.8 Å². The maximum Gasteiger partial charge on any atom is 0.303 e. The second-order valence-electron chi connectivity index (χ2n) is 6.24. The van der Waals surface area contributed by atoms with Gasteiger partial charge in [-0.25, -0.2) is 4.39 Å². The van der Waals surface area contributed by atoms with Crippen molar-refractivity contribution >= 4 is 5.97 Å². The molecule has 0 bridgehead atoms. The summed E-state index contributed by atoms with van der Waals surface area (Å²) in [5.41, 5.74) is 5.99. The van der Waals surface area contributed by atoms with Crippen LogP contribution >= 0.6 is 0 Å². The van der Waals surface area contributed by atoms with Crippen molar-refractivity contribution in [2.24, 2.45) is 0 Å². The van der Waals surface area contributed by atoms with Crippen LogP contribution in [0.15, 0.2) is 54.6 Å². The number of aryl methyl sites for hydroxylation is 3. The first-order valence-corrected chi connectivity index (χ1v) is 8.21. The van der Waals surface area contributed by atoms with Crippen molar-refractivity contribution in [2.75, 3.05) is 0 Å². The van der Waals surface area contributed by atoms with Crippen LogP contribution in [0.5, 0.6) is 0 Å². The van der Waals surface area contributed by atoms with Gasteiger partial charge in [0.25, 0.3) is 0 Å². The third kappa shape index (κ3) is 3.63. The van der Waals surface area contributed by atoms with Gasteiger partial charge in [0.1, 0.15) is 5.82 Å². The number of benzene rings is 2. The number of hydrogen-bond donors (Lipinski definition) is 1. The van der Waals surface area contributed by atoms with E-state index >= 15 is 0 Å². The number of aliphatic carboxylic acids is 1. The second kappa shape index (κ2) is 6.93. The Balaban J connectivity index is 2.17. The minimum absolute atomic E-state index is 0.0672. The first-order chi connectivity index (χ1) is 12.0. The van der Waals surface area contributed by atoms with Crippen molar-refractivity contribution in [1.29, 1.82) is 0 Å². The van der Waals surface area contributed by atoms with E-state index in [1.54, 1.807) is 12.1 Å². The Hall–Kier alpha value is -2.88. The lowest BCUT2D eigenvalue weighted by atomic mass is 10.1. The molecule has 0 radical (unpaired) electrons. The van der Waals surface area contributed by atoms with Crippen molar-refractivity contribution < 1.29 is 14.3 Å². The Morgan fingerprint density at radius 1 is 1.04 bits per heavy atom. The molecule has 1 aromatic heterocycles. The summed E-state index contributed by atoms with van der Waals surface area (Å²) in [4.78, 5) is 11.0. The molecule has 3 aromatic rings. The van der Waals surface area contributed by atoms with Gasteiger partial charge in [0.2, 0.25) is 0 Å². The van der Waals surface area contributed by atoms with Crippen molar-refractivity contribution in [2.45, 2.75) is 26.7 Å². The molecule has 128 valence electrons. The molecule has 4 heteroatoms. The van der Waals surface area contributed by atoms with Crippen molar-refractivity contribution in [3.05, 3.63) is 77.2 Å². The van der Waals surface area contributed by atoms with Crippen LogP contribution in [0.2, 0.25) is 0 Å². The summed E-state index contributed by atoms with van der Waals surface area (Å²) >= 11 is 0. The number of carboxylic acids is 1. The summed E-state index contributed by atoms with van der Waals surface area (Å²) in [6.07, 6.45) is 0.502. The summed E-state index contributed by atoms with van der Waals surface area (Å²) in [7, 11) is 0. The van der Waals surface area contributed by atoms with Gasteiger partial charge in [0.15, 0.2) is 0 Å². The highest BCUT2D eigenvalue weighted by Crippen LogP contribution is 2.29. The zero-order valence-electron chi connectivity index (χ0n) is 14.3. The van der Waals surface area contributed by atoms with Crippen LogP contribution in [0.3, 0.4) is 0 Å². The molecule has 3 nitrogen and oxygen atoms in total. The third-order valence-corrected chi connectivity index (χ3v) is 4.30. The van der Waals surface area contributed by atoms with E-state index in [1.165, 1.54) is 12.1 Å². The van der Waals surface area contributed by atoms with Crippen molar-refractivity contribution in [3.8, 4) is 16.9 Å². The molecule has 0 aliphatic carbocycles. The summed E-state index contributed by atoms with van der Waals surface area (Å²) in [5.74, 6) is -1.10.